The molecule has 2 aromatic rings. The number of aromatic nitrogens is 4. The maximum atomic E-state index is 10.8. The van der Waals surface area contributed by atoms with Gasteiger partial charge >= 0.3 is 6.09 Å². The number of carbonyl (C=O) groups is 1. The molecule has 6 nitrogen and oxygen atoms in total. The van der Waals surface area contributed by atoms with Gasteiger partial charge in [-0.25, -0.2) is 14.3 Å². The molecule has 2 heterocycles. The first-order valence-corrected chi connectivity index (χ1v) is 4.37. The molecule has 0 aliphatic heterocycles. The van der Waals surface area contributed by atoms with Crippen LogP contribution in [0, 0.1) is 6.92 Å². The third-order valence-electron chi connectivity index (χ3n) is 2.06. The third kappa shape index (κ3) is 1.61. The van der Waals surface area contributed by atoms with Crippen LogP contribution >= 0.6 is 0 Å². The second-order valence-electron chi connectivity index (χ2n) is 3.20. The lowest BCUT2D eigenvalue weighted by Gasteiger charge is -1.92. The molecule has 0 fully saturated rings. The first-order valence-electron chi connectivity index (χ1n) is 4.37. The fourth-order valence-electron chi connectivity index (χ4n) is 1.34. The van der Waals surface area contributed by atoms with Crippen molar-refractivity contribution in [2.45, 2.75) is 6.92 Å². The van der Waals surface area contributed by atoms with Crippen molar-refractivity contribution in [3.05, 3.63) is 24.3 Å². The molecule has 6 heteroatoms. The van der Waals surface area contributed by atoms with Gasteiger partial charge in [0.1, 0.15) is 17.2 Å². The van der Waals surface area contributed by atoms with Gasteiger partial charge < -0.3 is 5.11 Å². The lowest BCUT2D eigenvalue weighted by Crippen LogP contribution is -2.07. The van der Waals surface area contributed by atoms with Crippen LogP contribution < -0.4 is 0 Å². The van der Waals surface area contributed by atoms with Crippen molar-refractivity contribution in [3.8, 4) is 11.4 Å². The van der Waals surface area contributed by atoms with Crippen LogP contribution in [0.1, 0.15) is 5.82 Å². The molecule has 0 amide bonds. The van der Waals surface area contributed by atoms with Crippen molar-refractivity contribution < 1.29 is 9.90 Å². The highest BCUT2D eigenvalue weighted by Gasteiger charge is 2.11. The zero-order chi connectivity index (χ0) is 11.0. The zero-order valence-electron chi connectivity index (χ0n) is 8.38. The van der Waals surface area contributed by atoms with Gasteiger partial charge in [-0.2, -0.15) is 5.10 Å². The van der Waals surface area contributed by atoms with E-state index in [0.29, 0.717) is 17.2 Å². The van der Waals surface area contributed by atoms with Gasteiger partial charge in [-0.05, 0) is 13.0 Å². The van der Waals surface area contributed by atoms with Crippen LogP contribution in [0.3, 0.4) is 0 Å². The highest BCUT2D eigenvalue weighted by Crippen LogP contribution is 2.15. The number of aryl methyl sites for hydroxylation is 2. The summed E-state index contributed by atoms with van der Waals surface area (Å²) in [5, 5.41) is 13.0. The van der Waals surface area contributed by atoms with Crippen molar-refractivity contribution in [2.75, 3.05) is 0 Å². The molecule has 0 aliphatic carbocycles. The second kappa shape index (κ2) is 3.23. The molecule has 0 aliphatic rings. The van der Waals surface area contributed by atoms with Gasteiger partial charge in [0, 0.05) is 19.4 Å². The van der Waals surface area contributed by atoms with Crippen LogP contribution in [0.4, 0.5) is 4.79 Å². The second-order valence-corrected chi connectivity index (χ2v) is 3.20. The molecular formula is C9H10N4O2. The van der Waals surface area contributed by atoms with Crippen molar-refractivity contribution in [3.63, 3.8) is 0 Å². The minimum absolute atomic E-state index is 0.433. The van der Waals surface area contributed by atoms with E-state index in [-0.39, 0.29) is 0 Å². The molecule has 2 rings (SSSR count). The molecule has 0 spiro atoms. The summed E-state index contributed by atoms with van der Waals surface area (Å²) in [5.74, 6) is 0.433. The van der Waals surface area contributed by atoms with Crippen LogP contribution in [0.5, 0.6) is 0 Å². The predicted molar refractivity (Wildman–Crippen MR) is 52.6 cm³/mol. The Labute approximate surface area is 85.8 Å². The first kappa shape index (κ1) is 9.45. The monoisotopic (exact) mass is 206 g/mol. The van der Waals surface area contributed by atoms with Gasteiger partial charge in [-0.15, -0.1) is 0 Å². The Balaban J connectivity index is 2.46. The summed E-state index contributed by atoms with van der Waals surface area (Å²) in [6.45, 7) is 1.64. The smallest absolute Gasteiger partial charge is 0.417 e. The standard InChI is InChI=1S/C9H10N4O2/c1-6-10-8(5-13(6)9(14)15)7-3-4-12(2)11-7/h3-5H,1-2H3,(H,14,15). The van der Waals surface area contributed by atoms with Crippen LogP contribution in [0.2, 0.25) is 0 Å². The number of imidazole rings is 1. The average molecular weight is 206 g/mol. The van der Waals surface area contributed by atoms with E-state index in [0.717, 1.165) is 4.57 Å². The van der Waals surface area contributed by atoms with E-state index in [1.165, 1.54) is 6.20 Å². The van der Waals surface area contributed by atoms with Crippen molar-refractivity contribution in [2.24, 2.45) is 7.05 Å². The van der Waals surface area contributed by atoms with Crippen LogP contribution in [-0.4, -0.2) is 30.5 Å². The molecule has 0 saturated heterocycles. The van der Waals surface area contributed by atoms with Gasteiger partial charge in [0.05, 0.1) is 0 Å². The van der Waals surface area contributed by atoms with Gasteiger partial charge in [-0.1, -0.05) is 0 Å². The van der Waals surface area contributed by atoms with Crippen LogP contribution in [-0.2, 0) is 7.05 Å². The van der Waals surface area contributed by atoms with Gasteiger partial charge in [-0.3, -0.25) is 4.68 Å². The Morgan fingerprint density at radius 1 is 1.47 bits per heavy atom. The Hall–Kier alpha value is -2.11. The molecule has 0 unspecified atom stereocenters. The quantitative estimate of drug-likeness (QED) is 0.758. The van der Waals surface area contributed by atoms with Gasteiger partial charge in [0.15, 0.2) is 0 Å². The topological polar surface area (TPSA) is 72.9 Å². The molecule has 15 heavy (non-hydrogen) atoms. The Morgan fingerprint density at radius 3 is 2.67 bits per heavy atom. The van der Waals surface area contributed by atoms with Crippen LogP contribution in [0.15, 0.2) is 18.5 Å². The van der Waals surface area contributed by atoms with E-state index in [9.17, 15) is 4.79 Å². The molecular weight excluding hydrogens is 196 g/mol. The number of hydrogen-bond donors (Lipinski definition) is 1. The van der Waals surface area contributed by atoms with E-state index < -0.39 is 6.09 Å². The van der Waals surface area contributed by atoms with Gasteiger partial charge in [0.25, 0.3) is 0 Å². The largest absolute Gasteiger partial charge is 0.464 e. The summed E-state index contributed by atoms with van der Waals surface area (Å²) < 4.78 is 2.72. The van der Waals surface area contributed by atoms with Gasteiger partial charge in [0.2, 0.25) is 0 Å². The molecule has 0 atom stereocenters. The number of hydrogen-bond acceptors (Lipinski definition) is 3. The highest BCUT2D eigenvalue weighted by atomic mass is 16.4. The van der Waals surface area contributed by atoms with Crippen molar-refractivity contribution in [1.82, 2.24) is 19.3 Å². The van der Waals surface area contributed by atoms with E-state index in [4.69, 9.17) is 5.11 Å². The zero-order valence-corrected chi connectivity index (χ0v) is 8.38. The van der Waals surface area contributed by atoms with E-state index in [2.05, 4.69) is 10.1 Å². The Kier molecular flexibility index (Phi) is 2.03. The Bertz CT molecular complexity index is 512. The highest BCUT2D eigenvalue weighted by molar-refractivity contribution is 5.70. The minimum atomic E-state index is -1.04. The molecule has 0 bridgehead atoms. The van der Waals surface area contributed by atoms with E-state index in [1.807, 2.05) is 0 Å². The summed E-state index contributed by atoms with van der Waals surface area (Å²) in [7, 11) is 1.80. The normalized spacial score (nSPS) is 10.5. The van der Waals surface area contributed by atoms with Crippen molar-refractivity contribution in [1.29, 1.82) is 0 Å². The van der Waals surface area contributed by atoms with Crippen molar-refractivity contribution >= 4 is 6.09 Å². The van der Waals surface area contributed by atoms with E-state index in [1.54, 1.807) is 30.9 Å². The maximum absolute atomic E-state index is 10.8. The lowest BCUT2D eigenvalue weighted by molar-refractivity contribution is 0.195. The summed E-state index contributed by atoms with van der Waals surface area (Å²) in [6, 6.07) is 1.79. The molecule has 0 saturated carbocycles. The lowest BCUT2D eigenvalue weighted by atomic mass is 10.3. The third-order valence-corrected chi connectivity index (χ3v) is 2.06. The SMILES string of the molecule is Cc1nc(-c2ccn(C)n2)cn1C(=O)O. The molecule has 0 aromatic carbocycles. The fourth-order valence-corrected chi connectivity index (χ4v) is 1.34. The minimum Gasteiger partial charge on any atom is -0.464 e. The number of carboxylic acid groups (broad SMARTS) is 1. The van der Waals surface area contributed by atoms with Crippen LogP contribution in [0.25, 0.3) is 11.4 Å². The fraction of sp³-hybridized carbons (Fsp3) is 0.222. The average Bonchev–Trinajstić information content (AvgIpc) is 2.71. The molecule has 0 radical (unpaired) electrons. The predicted octanol–water partition coefficient (Wildman–Crippen LogP) is 1.12. The maximum Gasteiger partial charge on any atom is 0.417 e. The number of rotatable bonds is 1. The molecule has 2 aromatic heterocycles. The first-order chi connectivity index (χ1) is 7.08. The van der Waals surface area contributed by atoms with E-state index >= 15 is 0 Å². The number of nitrogens with zero attached hydrogens (tertiary/aromatic N) is 4. The molecule has 1 N–H and O–H groups in total. The summed E-state index contributed by atoms with van der Waals surface area (Å²) in [6.07, 6.45) is 2.20. The Morgan fingerprint density at radius 2 is 2.20 bits per heavy atom. The summed E-state index contributed by atoms with van der Waals surface area (Å²) in [4.78, 5) is 14.9. The summed E-state index contributed by atoms with van der Waals surface area (Å²) >= 11 is 0. The molecule has 78 valence electrons. The summed E-state index contributed by atoms with van der Waals surface area (Å²) in [5.41, 5.74) is 1.23.